The summed E-state index contributed by atoms with van der Waals surface area (Å²) in [6, 6.07) is 18.0. The van der Waals surface area contributed by atoms with E-state index in [0.717, 1.165) is 33.1 Å². The number of sulfonamides is 1. The molecule has 0 aliphatic rings. The Morgan fingerprint density at radius 3 is 2.16 bits per heavy atom. The van der Waals surface area contributed by atoms with Gasteiger partial charge in [0.15, 0.2) is 0 Å². The van der Waals surface area contributed by atoms with Gasteiger partial charge in [-0.25, -0.2) is 12.8 Å². The van der Waals surface area contributed by atoms with Crippen LogP contribution in [-0.4, -0.2) is 44.3 Å². The number of hydrogen-bond donors (Lipinski definition) is 1. The van der Waals surface area contributed by atoms with Gasteiger partial charge in [0.2, 0.25) is 11.8 Å². The molecule has 202 valence electrons. The molecule has 7 nitrogen and oxygen atoms in total. The quantitative estimate of drug-likeness (QED) is 0.387. The first-order valence-electron chi connectivity index (χ1n) is 12.5. The Bertz CT molecular complexity index is 1360. The Labute approximate surface area is 224 Å². The van der Waals surface area contributed by atoms with Gasteiger partial charge in [0.1, 0.15) is 18.4 Å². The van der Waals surface area contributed by atoms with Crippen LogP contribution in [0, 0.1) is 19.7 Å². The van der Waals surface area contributed by atoms with E-state index in [9.17, 15) is 22.4 Å². The Balaban J connectivity index is 2.05. The molecule has 3 aromatic carbocycles. The van der Waals surface area contributed by atoms with Crippen molar-refractivity contribution in [1.29, 1.82) is 0 Å². The van der Waals surface area contributed by atoms with E-state index in [2.05, 4.69) is 5.32 Å². The maximum atomic E-state index is 13.9. The van der Waals surface area contributed by atoms with Crippen LogP contribution in [0.2, 0.25) is 0 Å². The molecule has 0 unspecified atom stereocenters. The lowest BCUT2D eigenvalue weighted by molar-refractivity contribution is -0.140. The highest BCUT2D eigenvalue weighted by Gasteiger charge is 2.33. The third kappa shape index (κ3) is 6.98. The summed E-state index contributed by atoms with van der Waals surface area (Å²) in [5.74, 6) is -1.40. The molecule has 0 saturated heterocycles. The monoisotopic (exact) mass is 539 g/mol. The lowest BCUT2D eigenvalue weighted by Crippen LogP contribution is -2.52. The second kappa shape index (κ2) is 12.7. The van der Waals surface area contributed by atoms with E-state index in [-0.39, 0.29) is 23.0 Å². The fraction of sp³-hybridized carbons (Fsp3) is 0.310. The van der Waals surface area contributed by atoms with Gasteiger partial charge in [-0.2, -0.15) is 0 Å². The van der Waals surface area contributed by atoms with Crippen molar-refractivity contribution in [2.24, 2.45) is 0 Å². The van der Waals surface area contributed by atoms with Crippen LogP contribution in [-0.2, 0) is 26.2 Å². The predicted octanol–water partition coefficient (Wildman–Crippen LogP) is 4.58. The second-order valence-corrected chi connectivity index (χ2v) is 11.0. The predicted molar refractivity (Wildman–Crippen MR) is 147 cm³/mol. The first-order valence-corrected chi connectivity index (χ1v) is 14.0. The van der Waals surface area contributed by atoms with Crippen LogP contribution in [0.15, 0.2) is 77.7 Å². The Hall–Kier alpha value is -3.72. The number of aryl methyl sites for hydroxylation is 2. The Morgan fingerprint density at radius 1 is 0.921 bits per heavy atom. The van der Waals surface area contributed by atoms with Crippen molar-refractivity contribution in [1.82, 2.24) is 10.2 Å². The molecule has 0 radical (unpaired) electrons. The van der Waals surface area contributed by atoms with Crippen LogP contribution in [0.5, 0.6) is 0 Å². The number of amides is 2. The van der Waals surface area contributed by atoms with E-state index in [1.165, 1.54) is 29.2 Å². The maximum Gasteiger partial charge on any atom is 0.264 e. The Morgan fingerprint density at radius 2 is 1.58 bits per heavy atom. The van der Waals surface area contributed by atoms with E-state index in [1.54, 1.807) is 26.0 Å². The van der Waals surface area contributed by atoms with Gasteiger partial charge in [-0.3, -0.25) is 13.9 Å². The summed E-state index contributed by atoms with van der Waals surface area (Å²) in [6.07, 6.45) is 0.338. The van der Waals surface area contributed by atoms with Crippen molar-refractivity contribution in [3.63, 3.8) is 0 Å². The van der Waals surface area contributed by atoms with Gasteiger partial charge in [0, 0.05) is 13.1 Å². The molecule has 1 atom stereocenters. The van der Waals surface area contributed by atoms with Crippen LogP contribution in [0.4, 0.5) is 10.1 Å². The van der Waals surface area contributed by atoms with Crippen LogP contribution < -0.4 is 9.62 Å². The third-order valence-electron chi connectivity index (χ3n) is 6.17. The number of carbonyl (C=O) groups is 2. The molecule has 0 saturated carbocycles. The number of rotatable bonds is 11. The van der Waals surface area contributed by atoms with Crippen LogP contribution >= 0.6 is 0 Å². The van der Waals surface area contributed by atoms with Crippen LogP contribution in [0.3, 0.4) is 0 Å². The van der Waals surface area contributed by atoms with E-state index in [4.69, 9.17) is 0 Å². The number of carbonyl (C=O) groups excluding carboxylic acids is 2. The van der Waals surface area contributed by atoms with Gasteiger partial charge >= 0.3 is 0 Å². The third-order valence-corrected chi connectivity index (χ3v) is 7.96. The van der Waals surface area contributed by atoms with E-state index >= 15 is 0 Å². The second-order valence-electron chi connectivity index (χ2n) is 9.13. The van der Waals surface area contributed by atoms with Gasteiger partial charge < -0.3 is 10.2 Å². The SMILES string of the molecule is CCNC(=O)[C@H](CC)N(Cc1cccc(C)c1)C(=O)CN(c1ccc(F)cc1)S(=O)(=O)c1ccc(C)cc1. The molecule has 0 aromatic heterocycles. The molecule has 3 rings (SSSR count). The summed E-state index contributed by atoms with van der Waals surface area (Å²) in [6.45, 7) is 7.32. The summed E-state index contributed by atoms with van der Waals surface area (Å²) >= 11 is 0. The van der Waals surface area contributed by atoms with Gasteiger partial charge in [0.25, 0.3) is 10.0 Å². The minimum atomic E-state index is -4.19. The maximum absolute atomic E-state index is 13.9. The van der Waals surface area contributed by atoms with Crippen molar-refractivity contribution < 1.29 is 22.4 Å². The zero-order valence-electron chi connectivity index (χ0n) is 22.1. The summed E-state index contributed by atoms with van der Waals surface area (Å²) in [4.78, 5) is 28.3. The zero-order chi connectivity index (χ0) is 27.9. The van der Waals surface area contributed by atoms with E-state index in [1.807, 2.05) is 38.1 Å². The molecular formula is C29H34FN3O4S. The number of nitrogens with one attached hydrogen (secondary N) is 1. The van der Waals surface area contributed by atoms with E-state index < -0.39 is 34.3 Å². The normalized spacial score (nSPS) is 12.0. The van der Waals surface area contributed by atoms with Crippen molar-refractivity contribution >= 4 is 27.5 Å². The molecule has 0 heterocycles. The van der Waals surface area contributed by atoms with Gasteiger partial charge in [-0.15, -0.1) is 0 Å². The fourth-order valence-electron chi connectivity index (χ4n) is 4.19. The van der Waals surface area contributed by atoms with Crippen molar-refractivity contribution in [2.45, 2.75) is 51.6 Å². The number of likely N-dealkylation sites (N-methyl/N-ethyl adjacent to an activating group) is 1. The summed E-state index contributed by atoms with van der Waals surface area (Å²) < 4.78 is 42.2. The fourth-order valence-corrected chi connectivity index (χ4v) is 5.61. The molecule has 2 amide bonds. The van der Waals surface area contributed by atoms with Gasteiger partial charge in [-0.05, 0) is 69.2 Å². The highest BCUT2D eigenvalue weighted by Crippen LogP contribution is 2.25. The summed E-state index contributed by atoms with van der Waals surface area (Å²) in [7, 11) is -4.19. The minimum absolute atomic E-state index is 0.00114. The standard InChI is InChI=1S/C29H34FN3O4S/c1-5-27(29(35)31-6-2)32(19-23-9-7-8-22(4)18-23)28(34)20-33(25-14-12-24(30)13-15-25)38(36,37)26-16-10-21(3)11-17-26/h7-18,27H,5-6,19-20H2,1-4H3,(H,31,35)/t27-/m0/s1. The highest BCUT2D eigenvalue weighted by molar-refractivity contribution is 7.92. The van der Waals surface area contributed by atoms with Crippen molar-refractivity contribution in [3.8, 4) is 0 Å². The molecule has 0 aliphatic heterocycles. The highest BCUT2D eigenvalue weighted by atomic mass is 32.2. The van der Waals surface area contributed by atoms with Crippen LogP contribution in [0.1, 0.15) is 37.0 Å². The number of nitrogens with zero attached hydrogens (tertiary/aromatic N) is 2. The molecular weight excluding hydrogens is 505 g/mol. The average molecular weight is 540 g/mol. The number of anilines is 1. The summed E-state index contributed by atoms with van der Waals surface area (Å²) in [5.41, 5.74) is 2.83. The number of benzene rings is 3. The van der Waals surface area contributed by atoms with Crippen molar-refractivity contribution in [2.75, 3.05) is 17.4 Å². The molecule has 0 spiro atoms. The zero-order valence-corrected chi connectivity index (χ0v) is 23.0. The minimum Gasteiger partial charge on any atom is -0.355 e. The number of hydrogen-bond acceptors (Lipinski definition) is 4. The molecule has 9 heteroatoms. The molecule has 38 heavy (non-hydrogen) atoms. The van der Waals surface area contributed by atoms with Gasteiger partial charge in [-0.1, -0.05) is 54.4 Å². The van der Waals surface area contributed by atoms with Crippen molar-refractivity contribution in [3.05, 3.63) is 95.3 Å². The number of halogens is 1. The molecule has 0 aliphatic carbocycles. The van der Waals surface area contributed by atoms with Crippen LogP contribution in [0.25, 0.3) is 0 Å². The molecule has 0 bridgehead atoms. The molecule has 0 fully saturated rings. The lowest BCUT2D eigenvalue weighted by atomic mass is 10.1. The molecule has 1 N–H and O–H groups in total. The lowest BCUT2D eigenvalue weighted by Gasteiger charge is -2.33. The summed E-state index contributed by atoms with van der Waals surface area (Å²) in [5, 5.41) is 2.78. The smallest absolute Gasteiger partial charge is 0.264 e. The Kier molecular flexibility index (Phi) is 9.63. The first-order chi connectivity index (χ1) is 18.1. The average Bonchev–Trinajstić information content (AvgIpc) is 2.88. The van der Waals surface area contributed by atoms with Gasteiger partial charge in [0.05, 0.1) is 10.6 Å². The molecule has 3 aromatic rings. The largest absolute Gasteiger partial charge is 0.355 e. The van der Waals surface area contributed by atoms with E-state index in [0.29, 0.717) is 13.0 Å². The topological polar surface area (TPSA) is 86.8 Å². The first kappa shape index (κ1) is 28.8.